The monoisotopic (exact) mass is 433 g/mol. The van der Waals surface area contributed by atoms with Crippen molar-refractivity contribution in [3.8, 4) is 0 Å². The Morgan fingerprint density at radius 2 is 1.71 bits per heavy atom. The number of esters is 1. The van der Waals surface area contributed by atoms with Crippen LogP contribution in [-0.2, 0) is 9.53 Å². The molecular formula is C25H20FNO3S. The first-order chi connectivity index (χ1) is 15.1. The molecule has 31 heavy (non-hydrogen) atoms. The summed E-state index contributed by atoms with van der Waals surface area (Å²) < 4.78 is 18.3. The Morgan fingerprint density at radius 1 is 1.03 bits per heavy atom. The normalized spacial score (nSPS) is 17.2. The highest BCUT2D eigenvalue weighted by Gasteiger charge is 2.38. The van der Waals surface area contributed by atoms with E-state index in [1.807, 2.05) is 30.3 Å². The summed E-state index contributed by atoms with van der Waals surface area (Å²) in [7, 11) is 0. The van der Waals surface area contributed by atoms with E-state index in [0.717, 1.165) is 11.1 Å². The van der Waals surface area contributed by atoms with Gasteiger partial charge in [0, 0.05) is 5.69 Å². The predicted molar refractivity (Wildman–Crippen MR) is 121 cm³/mol. The maximum Gasteiger partial charge on any atom is 0.338 e. The molecule has 0 aromatic heterocycles. The standard InChI is InChI=1S/C25H20FNO3S/c1-2-30-25(29)19-10-14-21(15-11-19)27-23(28)22(16-17-8-12-20(26)13-9-17)31-24(27)18-6-4-3-5-7-18/h3-16,24H,2H2,1H3/b22-16-. The minimum Gasteiger partial charge on any atom is -0.462 e. The molecule has 1 fully saturated rings. The van der Waals surface area contributed by atoms with Gasteiger partial charge in [0.15, 0.2) is 0 Å². The zero-order valence-electron chi connectivity index (χ0n) is 16.8. The Morgan fingerprint density at radius 3 is 2.35 bits per heavy atom. The highest BCUT2D eigenvalue weighted by atomic mass is 32.2. The molecule has 1 unspecified atom stereocenters. The summed E-state index contributed by atoms with van der Waals surface area (Å²) in [5, 5.41) is -0.256. The van der Waals surface area contributed by atoms with E-state index in [1.54, 1.807) is 54.3 Å². The van der Waals surface area contributed by atoms with Crippen LogP contribution in [0.15, 0.2) is 83.8 Å². The van der Waals surface area contributed by atoms with Gasteiger partial charge in [0.2, 0.25) is 0 Å². The molecule has 3 aromatic rings. The molecule has 4 rings (SSSR count). The van der Waals surface area contributed by atoms with Crippen molar-refractivity contribution in [1.29, 1.82) is 0 Å². The smallest absolute Gasteiger partial charge is 0.338 e. The molecule has 1 saturated heterocycles. The van der Waals surface area contributed by atoms with Gasteiger partial charge in [-0.1, -0.05) is 54.2 Å². The van der Waals surface area contributed by atoms with Crippen LogP contribution in [0.5, 0.6) is 0 Å². The zero-order valence-corrected chi connectivity index (χ0v) is 17.6. The van der Waals surface area contributed by atoms with Crippen LogP contribution < -0.4 is 4.90 Å². The number of carbonyl (C=O) groups is 2. The van der Waals surface area contributed by atoms with Gasteiger partial charge in [0.25, 0.3) is 5.91 Å². The molecule has 0 bridgehead atoms. The fourth-order valence-electron chi connectivity index (χ4n) is 3.31. The van der Waals surface area contributed by atoms with Crippen molar-refractivity contribution in [2.75, 3.05) is 11.5 Å². The number of nitrogens with zero attached hydrogens (tertiary/aromatic N) is 1. The number of hydrogen-bond donors (Lipinski definition) is 0. The lowest BCUT2D eigenvalue weighted by molar-refractivity contribution is -0.114. The van der Waals surface area contributed by atoms with E-state index in [4.69, 9.17) is 4.74 Å². The van der Waals surface area contributed by atoms with E-state index in [0.29, 0.717) is 22.8 Å². The van der Waals surface area contributed by atoms with Crippen molar-refractivity contribution in [3.63, 3.8) is 0 Å². The maximum atomic E-state index is 13.4. The van der Waals surface area contributed by atoms with Gasteiger partial charge in [0.05, 0.1) is 17.1 Å². The van der Waals surface area contributed by atoms with Gasteiger partial charge < -0.3 is 4.74 Å². The van der Waals surface area contributed by atoms with Crippen molar-refractivity contribution in [2.24, 2.45) is 0 Å². The molecule has 1 atom stereocenters. The van der Waals surface area contributed by atoms with Crippen LogP contribution in [0.2, 0.25) is 0 Å². The average molecular weight is 434 g/mol. The molecule has 0 radical (unpaired) electrons. The number of halogens is 1. The molecule has 0 spiro atoms. The Kier molecular flexibility index (Phi) is 6.18. The third-order valence-corrected chi connectivity index (χ3v) is 6.06. The van der Waals surface area contributed by atoms with E-state index < -0.39 is 5.97 Å². The van der Waals surface area contributed by atoms with E-state index in [-0.39, 0.29) is 17.1 Å². The molecule has 0 aliphatic carbocycles. The van der Waals surface area contributed by atoms with Crippen LogP contribution in [0.25, 0.3) is 6.08 Å². The fourth-order valence-corrected chi connectivity index (χ4v) is 4.57. The van der Waals surface area contributed by atoms with Gasteiger partial charge in [-0.3, -0.25) is 9.69 Å². The number of hydrogen-bond acceptors (Lipinski definition) is 4. The first-order valence-corrected chi connectivity index (χ1v) is 10.7. The molecule has 3 aromatic carbocycles. The minimum atomic E-state index is -0.396. The van der Waals surface area contributed by atoms with Gasteiger partial charge in [-0.25, -0.2) is 9.18 Å². The van der Waals surface area contributed by atoms with E-state index in [2.05, 4.69) is 0 Å². The van der Waals surface area contributed by atoms with Crippen LogP contribution in [0.3, 0.4) is 0 Å². The highest BCUT2D eigenvalue weighted by molar-refractivity contribution is 8.05. The highest BCUT2D eigenvalue weighted by Crippen LogP contribution is 2.48. The number of anilines is 1. The molecule has 4 nitrogen and oxygen atoms in total. The van der Waals surface area contributed by atoms with Crippen molar-refractivity contribution in [2.45, 2.75) is 12.3 Å². The van der Waals surface area contributed by atoms with Gasteiger partial charge in [0.1, 0.15) is 11.2 Å². The van der Waals surface area contributed by atoms with Crippen LogP contribution >= 0.6 is 11.8 Å². The largest absolute Gasteiger partial charge is 0.462 e. The summed E-state index contributed by atoms with van der Waals surface area (Å²) in [6.45, 7) is 2.06. The summed E-state index contributed by atoms with van der Waals surface area (Å²) >= 11 is 1.44. The number of benzene rings is 3. The molecule has 156 valence electrons. The predicted octanol–water partition coefficient (Wildman–Crippen LogP) is 5.82. The van der Waals surface area contributed by atoms with Crippen molar-refractivity contribution in [3.05, 3.63) is 106 Å². The second-order valence-corrected chi connectivity index (χ2v) is 8.01. The maximum absolute atomic E-state index is 13.4. The molecule has 1 aliphatic heterocycles. The zero-order chi connectivity index (χ0) is 21.8. The number of amides is 1. The lowest BCUT2D eigenvalue weighted by atomic mass is 10.1. The Labute approximate surface area is 184 Å². The third-order valence-electron chi connectivity index (χ3n) is 4.81. The molecule has 1 aliphatic rings. The molecular weight excluding hydrogens is 413 g/mol. The summed E-state index contributed by atoms with van der Waals surface area (Å²) in [5.74, 6) is -0.863. The SMILES string of the molecule is CCOC(=O)c1ccc(N2C(=O)/C(=C/c3ccc(F)cc3)SC2c2ccccc2)cc1. The summed E-state index contributed by atoms with van der Waals surface area (Å²) in [4.78, 5) is 27.6. The van der Waals surface area contributed by atoms with Crippen LogP contribution in [0.1, 0.15) is 33.8 Å². The minimum absolute atomic E-state index is 0.146. The van der Waals surface area contributed by atoms with E-state index in [9.17, 15) is 14.0 Å². The molecule has 0 saturated carbocycles. The number of rotatable bonds is 5. The third kappa shape index (κ3) is 4.54. The van der Waals surface area contributed by atoms with Crippen LogP contribution in [0, 0.1) is 5.82 Å². The van der Waals surface area contributed by atoms with Crippen LogP contribution in [0.4, 0.5) is 10.1 Å². The summed E-state index contributed by atoms with van der Waals surface area (Å²) in [6, 6.07) is 22.6. The van der Waals surface area contributed by atoms with Crippen LogP contribution in [-0.4, -0.2) is 18.5 Å². The lowest BCUT2D eigenvalue weighted by Crippen LogP contribution is -2.27. The van der Waals surface area contributed by atoms with Crippen molar-refractivity contribution >= 4 is 35.4 Å². The fraction of sp³-hybridized carbons (Fsp3) is 0.120. The van der Waals surface area contributed by atoms with Gasteiger partial charge >= 0.3 is 5.97 Å². The topological polar surface area (TPSA) is 46.6 Å². The van der Waals surface area contributed by atoms with Gasteiger partial charge in [-0.05, 0) is 60.5 Å². The molecule has 6 heteroatoms. The Bertz CT molecular complexity index is 1110. The second-order valence-electron chi connectivity index (χ2n) is 6.88. The van der Waals surface area contributed by atoms with E-state index >= 15 is 0 Å². The first kappa shape index (κ1) is 20.9. The quantitative estimate of drug-likeness (QED) is 0.376. The van der Waals surface area contributed by atoms with Crippen molar-refractivity contribution < 1.29 is 18.7 Å². The number of carbonyl (C=O) groups excluding carboxylic acids is 2. The number of thioether (sulfide) groups is 1. The molecule has 0 N–H and O–H groups in total. The summed E-state index contributed by atoms with van der Waals surface area (Å²) in [5.41, 5.74) is 2.85. The van der Waals surface area contributed by atoms with Gasteiger partial charge in [-0.2, -0.15) is 0 Å². The summed E-state index contributed by atoms with van der Waals surface area (Å²) in [6.07, 6.45) is 1.77. The number of ether oxygens (including phenoxy) is 1. The molecule has 1 heterocycles. The Hall–Kier alpha value is -3.38. The first-order valence-electron chi connectivity index (χ1n) is 9.86. The van der Waals surface area contributed by atoms with Gasteiger partial charge in [-0.15, -0.1) is 0 Å². The average Bonchev–Trinajstić information content (AvgIpc) is 3.12. The van der Waals surface area contributed by atoms with Crippen molar-refractivity contribution in [1.82, 2.24) is 0 Å². The Balaban J connectivity index is 1.70. The second kappa shape index (κ2) is 9.18. The molecule has 1 amide bonds. The van der Waals surface area contributed by atoms with E-state index in [1.165, 1.54) is 23.9 Å². The lowest BCUT2D eigenvalue weighted by Gasteiger charge is -2.24.